The Morgan fingerprint density at radius 2 is 2.11 bits per heavy atom. The lowest BCUT2D eigenvalue weighted by Gasteiger charge is -2.22. The maximum Gasteiger partial charge on any atom is 0.311 e. The van der Waals surface area contributed by atoms with Gasteiger partial charge in [-0.25, -0.2) is 0 Å². The number of benzene rings is 1. The number of thioether (sulfide) groups is 1. The van der Waals surface area contributed by atoms with Gasteiger partial charge in [-0.1, -0.05) is 32.9 Å². The van der Waals surface area contributed by atoms with Crippen LogP contribution in [0.4, 0.5) is 0 Å². The van der Waals surface area contributed by atoms with Gasteiger partial charge in [-0.05, 0) is 41.2 Å². The molecular weight excluding hydrogens is 244 g/mol. The lowest BCUT2D eigenvalue weighted by atomic mass is 9.84. The molecule has 1 heterocycles. The predicted octanol–water partition coefficient (Wildman–Crippen LogP) is 4.04. The summed E-state index contributed by atoms with van der Waals surface area (Å²) in [5, 5.41) is 9.39. The first-order valence-electron chi connectivity index (χ1n) is 6.39. The summed E-state index contributed by atoms with van der Waals surface area (Å²) in [5.41, 5.74) is 2.29. The van der Waals surface area contributed by atoms with E-state index < -0.39 is 5.97 Å². The van der Waals surface area contributed by atoms with Gasteiger partial charge < -0.3 is 5.11 Å². The van der Waals surface area contributed by atoms with Gasteiger partial charge in [0.05, 0.1) is 5.92 Å². The molecule has 18 heavy (non-hydrogen) atoms. The molecule has 98 valence electrons. The van der Waals surface area contributed by atoms with E-state index in [1.165, 1.54) is 5.56 Å². The number of rotatable bonds is 1. The molecule has 2 nitrogen and oxygen atoms in total. The van der Waals surface area contributed by atoms with E-state index in [1.807, 2.05) is 0 Å². The smallest absolute Gasteiger partial charge is 0.311 e. The third-order valence-corrected chi connectivity index (χ3v) is 4.62. The Balaban J connectivity index is 2.50. The highest BCUT2D eigenvalue weighted by atomic mass is 32.2. The highest BCUT2D eigenvalue weighted by Gasteiger charge is 2.26. The molecule has 0 saturated carbocycles. The first-order valence-corrected chi connectivity index (χ1v) is 7.38. The SMILES string of the molecule is CC(C)(C)c1ccc2c(c1)C(C(=O)O)CCCS2. The molecule has 0 fully saturated rings. The van der Waals surface area contributed by atoms with Crippen LogP contribution in [0.25, 0.3) is 0 Å². The summed E-state index contributed by atoms with van der Waals surface area (Å²) in [6.07, 6.45) is 1.73. The highest BCUT2D eigenvalue weighted by molar-refractivity contribution is 7.99. The van der Waals surface area contributed by atoms with Crippen LogP contribution in [0.2, 0.25) is 0 Å². The molecule has 0 aliphatic carbocycles. The summed E-state index contributed by atoms with van der Waals surface area (Å²) >= 11 is 1.79. The number of hydrogen-bond donors (Lipinski definition) is 1. The summed E-state index contributed by atoms with van der Waals surface area (Å²) in [6, 6.07) is 6.34. The molecule has 0 bridgehead atoms. The quantitative estimate of drug-likeness (QED) is 0.832. The Morgan fingerprint density at radius 1 is 1.39 bits per heavy atom. The maximum atomic E-state index is 11.4. The monoisotopic (exact) mass is 264 g/mol. The van der Waals surface area contributed by atoms with Crippen LogP contribution in [-0.2, 0) is 10.2 Å². The van der Waals surface area contributed by atoms with E-state index in [0.29, 0.717) is 0 Å². The van der Waals surface area contributed by atoms with Crippen molar-refractivity contribution < 1.29 is 9.90 Å². The van der Waals surface area contributed by atoms with E-state index in [0.717, 1.165) is 29.1 Å². The lowest BCUT2D eigenvalue weighted by Crippen LogP contribution is -2.15. The zero-order valence-corrected chi connectivity index (χ0v) is 12.0. The summed E-state index contributed by atoms with van der Waals surface area (Å²) < 4.78 is 0. The maximum absolute atomic E-state index is 11.4. The third kappa shape index (κ3) is 2.72. The summed E-state index contributed by atoms with van der Waals surface area (Å²) in [7, 11) is 0. The van der Waals surface area contributed by atoms with Gasteiger partial charge in [-0.3, -0.25) is 4.79 Å². The average molecular weight is 264 g/mol. The van der Waals surface area contributed by atoms with E-state index in [4.69, 9.17) is 0 Å². The minimum absolute atomic E-state index is 0.0645. The Hall–Kier alpha value is -0.960. The van der Waals surface area contributed by atoms with Crippen LogP contribution < -0.4 is 0 Å². The topological polar surface area (TPSA) is 37.3 Å². The Kier molecular flexibility index (Phi) is 3.71. The molecule has 1 atom stereocenters. The molecule has 0 saturated heterocycles. The van der Waals surface area contributed by atoms with E-state index in [9.17, 15) is 9.90 Å². The molecule has 3 heteroatoms. The Labute approximate surface area is 113 Å². The van der Waals surface area contributed by atoms with Crippen molar-refractivity contribution in [2.75, 3.05) is 5.75 Å². The fourth-order valence-corrected chi connectivity index (χ4v) is 3.36. The number of carboxylic acids is 1. The van der Waals surface area contributed by atoms with Crippen LogP contribution in [0.3, 0.4) is 0 Å². The van der Waals surface area contributed by atoms with Gasteiger partial charge in [0.2, 0.25) is 0 Å². The van der Waals surface area contributed by atoms with Crippen molar-refractivity contribution in [3.63, 3.8) is 0 Å². The molecule has 1 aliphatic heterocycles. The molecule has 0 radical (unpaired) electrons. The molecule has 0 aromatic heterocycles. The Bertz CT molecular complexity index is 460. The number of carbonyl (C=O) groups is 1. The van der Waals surface area contributed by atoms with Crippen LogP contribution in [0.5, 0.6) is 0 Å². The molecule has 0 spiro atoms. The van der Waals surface area contributed by atoms with Crippen molar-refractivity contribution in [1.82, 2.24) is 0 Å². The van der Waals surface area contributed by atoms with Gasteiger partial charge in [0.25, 0.3) is 0 Å². The minimum atomic E-state index is -0.690. The fourth-order valence-electron chi connectivity index (χ4n) is 2.30. The van der Waals surface area contributed by atoms with Crippen LogP contribution in [0, 0.1) is 0 Å². The second-order valence-electron chi connectivity index (χ2n) is 5.88. The highest BCUT2D eigenvalue weighted by Crippen LogP contribution is 2.38. The fraction of sp³-hybridized carbons (Fsp3) is 0.533. The summed E-state index contributed by atoms with van der Waals surface area (Å²) in [6.45, 7) is 6.48. The van der Waals surface area contributed by atoms with E-state index in [1.54, 1.807) is 11.8 Å². The number of hydrogen-bond acceptors (Lipinski definition) is 2. The standard InChI is InChI=1S/C15H20O2S/c1-15(2,3)10-6-7-13-12(9-10)11(14(16)17)5-4-8-18-13/h6-7,9,11H,4-5,8H2,1-3H3,(H,16,17). The number of fused-ring (bicyclic) bond motifs is 1. The third-order valence-electron chi connectivity index (χ3n) is 3.44. The van der Waals surface area contributed by atoms with Crippen LogP contribution >= 0.6 is 11.8 Å². The average Bonchev–Trinajstić information content (AvgIpc) is 2.48. The second kappa shape index (κ2) is 4.96. The van der Waals surface area contributed by atoms with Crippen molar-refractivity contribution in [1.29, 1.82) is 0 Å². The molecule has 1 aromatic carbocycles. The van der Waals surface area contributed by atoms with Gasteiger partial charge in [0.15, 0.2) is 0 Å². The largest absolute Gasteiger partial charge is 0.481 e. The molecule has 1 aromatic rings. The van der Waals surface area contributed by atoms with Gasteiger partial charge in [0.1, 0.15) is 0 Å². The minimum Gasteiger partial charge on any atom is -0.481 e. The van der Waals surface area contributed by atoms with Gasteiger partial charge in [-0.15, -0.1) is 11.8 Å². The van der Waals surface area contributed by atoms with Crippen LogP contribution in [0.1, 0.15) is 50.7 Å². The van der Waals surface area contributed by atoms with Crippen molar-refractivity contribution in [3.8, 4) is 0 Å². The molecule has 1 N–H and O–H groups in total. The first-order chi connectivity index (χ1) is 8.39. The van der Waals surface area contributed by atoms with Gasteiger partial charge in [0, 0.05) is 4.90 Å². The Morgan fingerprint density at radius 3 is 2.72 bits per heavy atom. The predicted molar refractivity (Wildman–Crippen MR) is 75.5 cm³/mol. The molecule has 1 unspecified atom stereocenters. The van der Waals surface area contributed by atoms with E-state index in [-0.39, 0.29) is 11.3 Å². The van der Waals surface area contributed by atoms with E-state index >= 15 is 0 Å². The van der Waals surface area contributed by atoms with Crippen molar-refractivity contribution >= 4 is 17.7 Å². The lowest BCUT2D eigenvalue weighted by molar-refractivity contribution is -0.139. The van der Waals surface area contributed by atoms with Crippen molar-refractivity contribution in [2.45, 2.75) is 49.8 Å². The number of carboxylic acid groups (broad SMARTS) is 1. The second-order valence-corrected chi connectivity index (χ2v) is 7.02. The van der Waals surface area contributed by atoms with Crippen molar-refractivity contribution in [3.05, 3.63) is 29.3 Å². The zero-order chi connectivity index (χ0) is 13.3. The molecular formula is C15H20O2S. The number of aliphatic carboxylic acids is 1. The molecule has 1 aliphatic rings. The van der Waals surface area contributed by atoms with E-state index in [2.05, 4.69) is 39.0 Å². The normalized spacial score (nSPS) is 20.1. The summed E-state index contributed by atoms with van der Waals surface area (Å²) in [5.74, 6) is -0.00634. The van der Waals surface area contributed by atoms with Gasteiger partial charge in [-0.2, -0.15) is 0 Å². The van der Waals surface area contributed by atoms with Crippen LogP contribution in [-0.4, -0.2) is 16.8 Å². The van der Waals surface area contributed by atoms with Gasteiger partial charge >= 0.3 is 5.97 Å². The molecule has 2 rings (SSSR count). The van der Waals surface area contributed by atoms with Crippen LogP contribution in [0.15, 0.2) is 23.1 Å². The molecule has 0 amide bonds. The first kappa shape index (κ1) is 13.5. The summed E-state index contributed by atoms with van der Waals surface area (Å²) in [4.78, 5) is 12.6. The zero-order valence-electron chi connectivity index (χ0n) is 11.2. The van der Waals surface area contributed by atoms with Crippen molar-refractivity contribution in [2.24, 2.45) is 0 Å².